The molecule has 0 bridgehead atoms. The summed E-state index contributed by atoms with van der Waals surface area (Å²) in [7, 11) is 0. The molecule has 0 atom stereocenters. The number of nitrogens with zero attached hydrogens (tertiary/aromatic N) is 1. The van der Waals surface area contributed by atoms with Crippen LogP contribution >= 0.6 is 34.8 Å². The summed E-state index contributed by atoms with van der Waals surface area (Å²) in [6.45, 7) is 0. The SMILES string of the molecule is N/C(=N/O)C1(C(=O)Nc2cc(Cl)c(Cl)cc2Cl)CC1. The van der Waals surface area contributed by atoms with Crippen LogP contribution in [0.5, 0.6) is 0 Å². The van der Waals surface area contributed by atoms with E-state index in [1.54, 1.807) is 0 Å². The fourth-order valence-corrected chi connectivity index (χ4v) is 2.27. The van der Waals surface area contributed by atoms with Crippen molar-refractivity contribution in [2.45, 2.75) is 12.8 Å². The van der Waals surface area contributed by atoms with E-state index in [1.165, 1.54) is 12.1 Å². The average Bonchev–Trinajstić information content (AvgIpc) is 3.16. The van der Waals surface area contributed by atoms with Crippen LogP contribution in [0.2, 0.25) is 15.1 Å². The van der Waals surface area contributed by atoms with Crippen molar-refractivity contribution in [3.05, 3.63) is 27.2 Å². The lowest BCUT2D eigenvalue weighted by Crippen LogP contribution is -2.36. The van der Waals surface area contributed by atoms with Crippen LogP contribution in [-0.2, 0) is 4.79 Å². The van der Waals surface area contributed by atoms with Crippen molar-refractivity contribution >= 4 is 52.2 Å². The lowest BCUT2D eigenvalue weighted by molar-refractivity contribution is -0.119. The first-order valence-electron chi connectivity index (χ1n) is 5.35. The second kappa shape index (κ2) is 5.07. The molecule has 0 aromatic heterocycles. The second-order valence-electron chi connectivity index (χ2n) is 4.27. The molecule has 0 unspecified atom stereocenters. The van der Waals surface area contributed by atoms with Crippen LogP contribution in [0.4, 0.5) is 5.69 Å². The molecular formula is C11H10Cl3N3O2. The maximum Gasteiger partial charge on any atom is 0.238 e. The quantitative estimate of drug-likeness (QED) is 0.263. The first kappa shape index (κ1) is 14.2. The van der Waals surface area contributed by atoms with E-state index in [0.29, 0.717) is 23.6 Å². The maximum absolute atomic E-state index is 12.1. The predicted octanol–water partition coefficient (Wildman–Crippen LogP) is 3.11. The summed E-state index contributed by atoms with van der Waals surface area (Å²) in [5, 5.41) is 15.0. The molecule has 0 radical (unpaired) electrons. The third-order valence-electron chi connectivity index (χ3n) is 3.04. The van der Waals surface area contributed by atoms with Crippen molar-refractivity contribution in [3.8, 4) is 0 Å². The van der Waals surface area contributed by atoms with Crippen LogP contribution in [0.1, 0.15) is 12.8 Å². The number of benzene rings is 1. The van der Waals surface area contributed by atoms with E-state index in [9.17, 15) is 4.79 Å². The smallest absolute Gasteiger partial charge is 0.238 e. The second-order valence-corrected chi connectivity index (χ2v) is 5.49. The Morgan fingerprint density at radius 2 is 1.84 bits per heavy atom. The third-order valence-corrected chi connectivity index (χ3v) is 4.08. The van der Waals surface area contributed by atoms with Crippen LogP contribution in [0.25, 0.3) is 0 Å². The number of carbonyl (C=O) groups is 1. The van der Waals surface area contributed by atoms with Crippen LogP contribution in [-0.4, -0.2) is 17.0 Å². The number of anilines is 1. The number of amidine groups is 1. The molecule has 0 aliphatic heterocycles. The molecule has 19 heavy (non-hydrogen) atoms. The minimum Gasteiger partial charge on any atom is -0.409 e. The zero-order chi connectivity index (χ0) is 14.2. The van der Waals surface area contributed by atoms with Crippen LogP contribution in [0.15, 0.2) is 17.3 Å². The molecule has 8 heteroatoms. The summed E-state index contributed by atoms with van der Waals surface area (Å²) in [6, 6.07) is 2.89. The van der Waals surface area contributed by atoms with Gasteiger partial charge in [-0.1, -0.05) is 40.0 Å². The molecule has 1 aromatic rings. The van der Waals surface area contributed by atoms with Gasteiger partial charge >= 0.3 is 0 Å². The number of hydrogen-bond acceptors (Lipinski definition) is 3. The van der Waals surface area contributed by atoms with Gasteiger partial charge in [0.05, 0.1) is 20.8 Å². The van der Waals surface area contributed by atoms with Gasteiger partial charge in [0.15, 0.2) is 5.84 Å². The number of nitrogens with two attached hydrogens (primary N) is 1. The Kier molecular flexibility index (Phi) is 3.80. The molecule has 0 heterocycles. The number of oxime groups is 1. The topological polar surface area (TPSA) is 87.7 Å². The van der Waals surface area contributed by atoms with Crippen molar-refractivity contribution < 1.29 is 10.0 Å². The van der Waals surface area contributed by atoms with E-state index in [1.807, 2.05) is 0 Å². The normalized spacial score (nSPS) is 17.1. The maximum atomic E-state index is 12.1. The molecule has 1 amide bonds. The Balaban J connectivity index is 2.23. The molecule has 4 N–H and O–H groups in total. The number of rotatable bonds is 3. The van der Waals surface area contributed by atoms with Gasteiger partial charge in [-0.05, 0) is 25.0 Å². The molecule has 5 nitrogen and oxygen atoms in total. The lowest BCUT2D eigenvalue weighted by atomic mass is 10.1. The van der Waals surface area contributed by atoms with E-state index in [2.05, 4.69) is 10.5 Å². The summed E-state index contributed by atoms with van der Waals surface area (Å²) in [6.07, 6.45) is 1.04. The first-order valence-corrected chi connectivity index (χ1v) is 6.48. The third kappa shape index (κ3) is 2.59. The molecule has 1 saturated carbocycles. The molecule has 0 saturated heterocycles. The Hall–Kier alpha value is -1.17. The monoisotopic (exact) mass is 321 g/mol. The molecule has 102 valence electrons. The molecular weight excluding hydrogens is 312 g/mol. The minimum atomic E-state index is -0.954. The van der Waals surface area contributed by atoms with Crippen LogP contribution in [0, 0.1) is 5.41 Å². The number of nitrogens with one attached hydrogen (secondary N) is 1. The van der Waals surface area contributed by atoms with Crippen LogP contribution in [0.3, 0.4) is 0 Å². The number of hydrogen-bond donors (Lipinski definition) is 3. The van der Waals surface area contributed by atoms with Crippen molar-refractivity contribution in [2.24, 2.45) is 16.3 Å². The number of carbonyl (C=O) groups excluding carboxylic acids is 1. The largest absolute Gasteiger partial charge is 0.409 e. The number of amides is 1. The summed E-state index contributed by atoms with van der Waals surface area (Å²) in [5.74, 6) is -0.496. The number of halogens is 3. The fourth-order valence-electron chi connectivity index (χ4n) is 1.68. The Morgan fingerprint density at radius 3 is 2.37 bits per heavy atom. The molecule has 1 fully saturated rings. The summed E-state index contributed by atoms with van der Waals surface area (Å²) in [4.78, 5) is 12.1. The molecule has 1 aromatic carbocycles. The fraction of sp³-hybridized carbons (Fsp3) is 0.273. The van der Waals surface area contributed by atoms with Crippen LogP contribution < -0.4 is 11.1 Å². The van der Waals surface area contributed by atoms with Gasteiger partial charge in [0, 0.05) is 0 Å². The zero-order valence-corrected chi connectivity index (χ0v) is 11.9. The van der Waals surface area contributed by atoms with E-state index in [0.717, 1.165) is 0 Å². The van der Waals surface area contributed by atoms with Crippen molar-refractivity contribution in [1.29, 1.82) is 0 Å². The Morgan fingerprint density at radius 1 is 1.26 bits per heavy atom. The summed E-state index contributed by atoms with van der Waals surface area (Å²) < 4.78 is 0. The van der Waals surface area contributed by atoms with Gasteiger partial charge in [0.25, 0.3) is 0 Å². The van der Waals surface area contributed by atoms with Gasteiger partial charge in [0.1, 0.15) is 5.41 Å². The summed E-state index contributed by atoms with van der Waals surface area (Å²) in [5.41, 5.74) is 4.90. The van der Waals surface area contributed by atoms with Gasteiger partial charge < -0.3 is 16.3 Å². The van der Waals surface area contributed by atoms with E-state index in [-0.39, 0.29) is 21.8 Å². The van der Waals surface area contributed by atoms with E-state index < -0.39 is 5.41 Å². The molecule has 2 rings (SSSR count). The highest BCUT2D eigenvalue weighted by Crippen LogP contribution is 2.47. The Bertz CT molecular complexity index is 571. The van der Waals surface area contributed by atoms with Crippen molar-refractivity contribution in [2.75, 3.05) is 5.32 Å². The summed E-state index contributed by atoms with van der Waals surface area (Å²) >= 11 is 17.6. The van der Waals surface area contributed by atoms with Gasteiger partial charge in [-0.3, -0.25) is 4.79 Å². The minimum absolute atomic E-state index is 0.110. The highest BCUT2D eigenvalue weighted by atomic mass is 35.5. The van der Waals surface area contributed by atoms with Gasteiger partial charge in [0.2, 0.25) is 5.91 Å². The highest BCUT2D eigenvalue weighted by Gasteiger charge is 2.54. The first-order chi connectivity index (χ1) is 8.90. The molecule has 1 aliphatic rings. The highest BCUT2D eigenvalue weighted by molar-refractivity contribution is 6.44. The van der Waals surface area contributed by atoms with E-state index >= 15 is 0 Å². The Labute approximate surface area is 124 Å². The lowest BCUT2D eigenvalue weighted by Gasteiger charge is -2.15. The van der Waals surface area contributed by atoms with Gasteiger partial charge in [-0.2, -0.15) is 0 Å². The standard InChI is InChI=1S/C11H10Cl3N3O2/c12-5-3-7(14)8(4-6(5)13)16-10(18)11(1-2-11)9(15)17-19/h3-4,19H,1-2H2,(H2,15,17)(H,16,18). The van der Waals surface area contributed by atoms with Crippen molar-refractivity contribution in [1.82, 2.24) is 0 Å². The average molecular weight is 323 g/mol. The van der Waals surface area contributed by atoms with Gasteiger partial charge in [-0.15, -0.1) is 0 Å². The van der Waals surface area contributed by atoms with Gasteiger partial charge in [-0.25, -0.2) is 0 Å². The zero-order valence-electron chi connectivity index (χ0n) is 9.58. The van der Waals surface area contributed by atoms with Crippen molar-refractivity contribution in [3.63, 3.8) is 0 Å². The van der Waals surface area contributed by atoms with E-state index in [4.69, 9.17) is 45.7 Å². The predicted molar refractivity (Wildman–Crippen MR) is 75.2 cm³/mol. The molecule has 1 aliphatic carbocycles. The molecule has 0 spiro atoms.